The summed E-state index contributed by atoms with van der Waals surface area (Å²) in [7, 11) is 0. The highest BCUT2D eigenvalue weighted by Crippen LogP contribution is 2.16. The van der Waals surface area contributed by atoms with Crippen LogP contribution in [-0.2, 0) is 0 Å². The smallest absolute Gasteiger partial charge is 0.124 e. The molecule has 1 aromatic heterocycles. The van der Waals surface area contributed by atoms with Crippen LogP contribution >= 0.6 is 23.2 Å². The zero-order valence-corrected chi connectivity index (χ0v) is 12.3. The van der Waals surface area contributed by atoms with Crippen molar-refractivity contribution in [3.63, 3.8) is 0 Å². The molecule has 0 spiro atoms. The highest BCUT2D eigenvalue weighted by atomic mass is 35.5. The van der Waals surface area contributed by atoms with Crippen LogP contribution in [0.15, 0.2) is 59.7 Å². The lowest BCUT2D eigenvalue weighted by molar-refractivity contribution is 0.803. The van der Waals surface area contributed by atoms with Gasteiger partial charge in [-0.3, -0.25) is 4.99 Å². The Bertz CT molecular complexity index is 761. The molecule has 0 saturated heterocycles. The van der Waals surface area contributed by atoms with E-state index in [4.69, 9.17) is 23.2 Å². The maximum Gasteiger partial charge on any atom is 0.124 e. The van der Waals surface area contributed by atoms with Crippen molar-refractivity contribution in [2.75, 3.05) is 0 Å². The fourth-order valence-electron chi connectivity index (χ4n) is 1.72. The van der Waals surface area contributed by atoms with E-state index in [1.807, 2.05) is 24.3 Å². The standard InChI is InChI=1S/C15H10Cl2N4/c16-11-1-5-13(6-2-11)18-9-14-10-21(20-19-14)15-7-3-12(17)4-8-15/h1-10H. The summed E-state index contributed by atoms with van der Waals surface area (Å²) in [5, 5.41) is 9.47. The fourth-order valence-corrected chi connectivity index (χ4v) is 1.98. The van der Waals surface area contributed by atoms with Crippen molar-refractivity contribution >= 4 is 35.1 Å². The van der Waals surface area contributed by atoms with E-state index in [0.717, 1.165) is 11.4 Å². The molecule has 0 saturated carbocycles. The van der Waals surface area contributed by atoms with Gasteiger partial charge in [0.15, 0.2) is 0 Å². The lowest BCUT2D eigenvalue weighted by Crippen LogP contribution is -1.93. The molecule has 0 aliphatic heterocycles. The van der Waals surface area contributed by atoms with E-state index in [9.17, 15) is 0 Å². The molecule has 2 aromatic carbocycles. The first kappa shape index (κ1) is 13.8. The van der Waals surface area contributed by atoms with Crippen LogP contribution in [0.25, 0.3) is 5.69 Å². The largest absolute Gasteiger partial charge is 0.255 e. The Labute approximate surface area is 131 Å². The molecule has 21 heavy (non-hydrogen) atoms. The van der Waals surface area contributed by atoms with Crippen molar-refractivity contribution in [3.8, 4) is 5.69 Å². The van der Waals surface area contributed by atoms with Crippen LogP contribution in [0.1, 0.15) is 5.69 Å². The minimum Gasteiger partial charge on any atom is -0.255 e. The van der Waals surface area contributed by atoms with E-state index in [0.29, 0.717) is 15.7 Å². The first-order valence-corrected chi connectivity index (χ1v) is 6.94. The third-order valence-corrected chi connectivity index (χ3v) is 3.28. The van der Waals surface area contributed by atoms with Crippen molar-refractivity contribution in [1.82, 2.24) is 15.0 Å². The molecule has 0 N–H and O–H groups in total. The molecule has 0 bridgehead atoms. The topological polar surface area (TPSA) is 43.1 Å². The summed E-state index contributed by atoms with van der Waals surface area (Å²) >= 11 is 11.7. The van der Waals surface area contributed by atoms with Crippen molar-refractivity contribution in [3.05, 3.63) is 70.5 Å². The summed E-state index contributed by atoms with van der Waals surface area (Å²) in [6.45, 7) is 0. The number of aromatic nitrogens is 3. The highest BCUT2D eigenvalue weighted by Gasteiger charge is 2.01. The number of nitrogens with zero attached hydrogens (tertiary/aromatic N) is 4. The van der Waals surface area contributed by atoms with Gasteiger partial charge in [-0.15, -0.1) is 5.10 Å². The molecule has 3 aromatic rings. The average molecular weight is 317 g/mol. The van der Waals surface area contributed by atoms with Gasteiger partial charge in [0.05, 0.1) is 23.8 Å². The van der Waals surface area contributed by atoms with Crippen molar-refractivity contribution in [2.24, 2.45) is 4.99 Å². The summed E-state index contributed by atoms with van der Waals surface area (Å²) in [4.78, 5) is 4.32. The quantitative estimate of drug-likeness (QED) is 0.675. The first-order chi connectivity index (χ1) is 10.2. The second-order valence-corrected chi connectivity index (χ2v) is 5.17. The van der Waals surface area contributed by atoms with Crippen LogP contribution in [0.4, 0.5) is 5.69 Å². The van der Waals surface area contributed by atoms with E-state index in [1.165, 1.54) is 0 Å². The van der Waals surface area contributed by atoms with E-state index < -0.39 is 0 Å². The third-order valence-electron chi connectivity index (χ3n) is 2.77. The summed E-state index contributed by atoms with van der Waals surface area (Å²) < 4.78 is 1.67. The van der Waals surface area contributed by atoms with Crippen LogP contribution in [0.5, 0.6) is 0 Å². The number of halogens is 2. The molecular formula is C15H10Cl2N4. The molecule has 0 aliphatic rings. The monoisotopic (exact) mass is 316 g/mol. The van der Waals surface area contributed by atoms with Gasteiger partial charge in [-0.2, -0.15) is 0 Å². The van der Waals surface area contributed by atoms with Crippen LogP contribution < -0.4 is 0 Å². The SMILES string of the molecule is Clc1ccc(N=Cc2cn(-c3ccc(Cl)cc3)nn2)cc1. The third kappa shape index (κ3) is 3.48. The molecule has 0 amide bonds. The van der Waals surface area contributed by atoms with Crippen molar-refractivity contribution < 1.29 is 0 Å². The minimum absolute atomic E-state index is 0.667. The zero-order chi connectivity index (χ0) is 14.7. The predicted octanol–water partition coefficient (Wildman–Crippen LogP) is 4.32. The molecule has 4 nitrogen and oxygen atoms in total. The van der Waals surface area contributed by atoms with Crippen LogP contribution in [0.3, 0.4) is 0 Å². The summed E-state index contributed by atoms with van der Waals surface area (Å²) in [5.74, 6) is 0. The lowest BCUT2D eigenvalue weighted by Gasteiger charge is -1.98. The van der Waals surface area contributed by atoms with Crippen molar-refractivity contribution in [1.29, 1.82) is 0 Å². The molecule has 6 heteroatoms. The Morgan fingerprint density at radius 2 is 1.52 bits per heavy atom. The second-order valence-electron chi connectivity index (χ2n) is 4.30. The first-order valence-electron chi connectivity index (χ1n) is 6.19. The van der Waals surface area contributed by atoms with Crippen LogP contribution in [0.2, 0.25) is 10.0 Å². The predicted molar refractivity (Wildman–Crippen MR) is 85.1 cm³/mol. The average Bonchev–Trinajstić information content (AvgIpc) is 2.96. The molecule has 0 aliphatic carbocycles. The second kappa shape index (κ2) is 6.08. The van der Waals surface area contributed by atoms with Gasteiger partial charge in [-0.05, 0) is 48.5 Å². The zero-order valence-electron chi connectivity index (χ0n) is 10.8. The fraction of sp³-hybridized carbons (Fsp3) is 0. The van der Waals surface area contributed by atoms with Crippen LogP contribution in [-0.4, -0.2) is 21.2 Å². The Kier molecular flexibility index (Phi) is 3.99. The lowest BCUT2D eigenvalue weighted by atomic mass is 10.3. The maximum absolute atomic E-state index is 5.86. The molecule has 0 unspecified atom stereocenters. The van der Waals surface area contributed by atoms with E-state index in [2.05, 4.69) is 15.3 Å². The van der Waals surface area contributed by atoms with Gasteiger partial charge >= 0.3 is 0 Å². The number of benzene rings is 2. The number of aliphatic imine (C=N–C) groups is 1. The van der Waals surface area contributed by atoms with Gasteiger partial charge in [0.25, 0.3) is 0 Å². The molecule has 0 atom stereocenters. The van der Waals surface area contributed by atoms with Gasteiger partial charge in [-0.1, -0.05) is 28.4 Å². The Hall–Kier alpha value is -2.17. The van der Waals surface area contributed by atoms with Gasteiger partial charge < -0.3 is 0 Å². The summed E-state index contributed by atoms with van der Waals surface area (Å²) in [5.41, 5.74) is 2.36. The van der Waals surface area contributed by atoms with Crippen LogP contribution in [0, 0.1) is 0 Å². The van der Waals surface area contributed by atoms with E-state index in [1.54, 1.807) is 41.4 Å². The molecular weight excluding hydrogens is 307 g/mol. The normalized spacial score (nSPS) is 11.1. The Balaban J connectivity index is 1.78. The molecule has 0 radical (unpaired) electrons. The number of hydrogen-bond donors (Lipinski definition) is 0. The Morgan fingerprint density at radius 1 is 0.905 bits per heavy atom. The van der Waals surface area contributed by atoms with E-state index >= 15 is 0 Å². The van der Waals surface area contributed by atoms with Gasteiger partial charge in [0, 0.05) is 10.0 Å². The summed E-state index contributed by atoms with van der Waals surface area (Å²) in [6, 6.07) is 14.6. The highest BCUT2D eigenvalue weighted by molar-refractivity contribution is 6.30. The number of hydrogen-bond acceptors (Lipinski definition) is 3. The van der Waals surface area contributed by atoms with E-state index in [-0.39, 0.29) is 0 Å². The summed E-state index contributed by atoms with van der Waals surface area (Å²) in [6.07, 6.45) is 3.45. The number of rotatable bonds is 3. The maximum atomic E-state index is 5.86. The molecule has 0 fully saturated rings. The van der Waals surface area contributed by atoms with Crippen molar-refractivity contribution in [2.45, 2.75) is 0 Å². The molecule has 104 valence electrons. The Morgan fingerprint density at radius 3 is 2.19 bits per heavy atom. The molecule has 1 heterocycles. The van der Waals surface area contributed by atoms with Gasteiger partial charge in [-0.25, -0.2) is 4.68 Å². The molecule has 3 rings (SSSR count). The minimum atomic E-state index is 0.667. The van der Waals surface area contributed by atoms with Gasteiger partial charge in [0.2, 0.25) is 0 Å². The van der Waals surface area contributed by atoms with Gasteiger partial charge in [0.1, 0.15) is 5.69 Å².